The summed E-state index contributed by atoms with van der Waals surface area (Å²) in [6.07, 6.45) is 1.91. The van der Waals surface area contributed by atoms with Crippen molar-refractivity contribution < 1.29 is 13.6 Å². The summed E-state index contributed by atoms with van der Waals surface area (Å²) >= 11 is 1.13. The molecule has 1 aliphatic carbocycles. The Hall–Kier alpha value is -2.94. The molecule has 0 saturated heterocycles. The zero-order valence-corrected chi connectivity index (χ0v) is 15.5. The first-order valence-corrected chi connectivity index (χ1v) is 9.58. The molecule has 0 spiro atoms. The number of benzene rings is 2. The minimum absolute atomic E-state index is 0.182. The van der Waals surface area contributed by atoms with Crippen molar-refractivity contribution in [2.75, 3.05) is 5.84 Å². The van der Waals surface area contributed by atoms with E-state index >= 15 is 0 Å². The smallest absolute Gasteiger partial charge is 0.238 e. The summed E-state index contributed by atoms with van der Waals surface area (Å²) in [6.45, 7) is 0. The van der Waals surface area contributed by atoms with Crippen molar-refractivity contribution in [1.29, 1.82) is 0 Å². The summed E-state index contributed by atoms with van der Waals surface area (Å²) in [5.41, 5.74) is 1.24. The fourth-order valence-corrected chi connectivity index (χ4v) is 3.64. The molecule has 1 aliphatic rings. The Morgan fingerprint density at radius 2 is 1.68 bits per heavy atom. The SMILES string of the molecule is Nn1c(SC(C(=O)NC2CC2)c2ccc(F)cc2)nnc1-c1ccc(F)cc1. The van der Waals surface area contributed by atoms with E-state index in [2.05, 4.69) is 15.5 Å². The van der Waals surface area contributed by atoms with Crippen LogP contribution in [0.2, 0.25) is 0 Å². The molecule has 1 atom stereocenters. The predicted octanol–water partition coefficient (Wildman–Crippen LogP) is 3.05. The van der Waals surface area contributed by atoms with E-state index in [1.165, 1.54) is 28.9 Å². The highest BCUT2D eigenvalue weighted by Gasteiger charge is 2.30. The summed E-state index contributed by atoms with van der Waals surface area (Å²) in [4.78, 5) is 12.7. The van der Waals surface area contributed by atoms with E-state index in [9.17, 15) is 13.6 Å². The van der Waals surface area contributed by atoms with Crippen LogP contribution in [0.5, 0.6) is 0 Å². The van der Waals surface area contributed by atoms with Gasteiger partial charge in [0.05, 0.1) is 0 Å². The van der Waals surface area contributed by atoms with Crippen molar-refractivity contribution in [3.63, 3.8) is 0 Å². The normalized spacial score (nSPS) is 14.6. The molecule has 1 unspecified atom stereocenters. The maximum Gasteiger partial charge on any atom is 0.238 e. The molecule has 3 N–H and O–H groups in total. The number of nitrogens with zero attached hydrogens (tertiary/aromatic N) is 3. The van der Waals surface area contributed by atoms with Crippen LogP contribution in [0.1, 0.15) is 23.7 Å². The van der Waals surface area contributed by atoms with Gasteiger partial charge in [-0.25, -0.2) is 13.5 Å². The van der Waals surface area contributed by atoms with Crippen molar-refractivity contribution in [2.24, 2.45) is 0 Å². The Morgan fingerprint density at radius 1 is 1.07 bits per heavy atom. The van der Waals surface area contributed by atoms with Gasteiger partial charge < -0.3 is 11.2 Å². The fourth-order valence-electron chi connectivity index (χ4n) is 2.67. The minimum Gasteiger partial charge on any atom is -0.352 e. The second kappa shape index (κ2) is 7.59. The average molecular weight is 401 g/mol. The Kier molecular flexibility index (Phi) is 4.99. The Balaban J connectivity index is 1.62. The van der Waals surface area contributed by atoms with E-state index in [1.54, 1.807) is 24.3 Å². The highest BCUT2D eigenvalue weighted by molar-refractivity contribution is 8.00. The first-order chi connectivity index (χ1) is 13.5. The van der Waals surface area contributed by atoms with Gasteiger partial charge in [-0.1, -0.05) is 23.9 Å². The van der Waals surface area contributed by atoms with Gasteiger partial charge in [0.2, 0.25) is 11.1 Å². The van der Waals surface area contributed by atoms with Gasteiger partial charge >= 0.3 is 0 Å². The van der Waals surface area contributed by atoms with Gasteiger partial charge in [-0.2, -0.15) is 0 Å². The van der Waals surface area contributed by atoms with E-state index in [1.807, 2.05) is 0 Å². The topological polar surface area (TPSA) is 85.8 Å². The molecule has 3 aromatic rings. The van der Waals surface area contributed by atoms with E-state index in [0.717, 1.165) is 24.6 Å². The zero-order chi connectivity index (χ0) is 19.7. The van der Waals surface area contributed by atoms with Crippen LogP contribution in [-0.2, 0) is 4.79 Å². The number of hydrogen-bond acceptors (Lipinski definition) is 5. The highest BCUT2D eigenvalue weighted by Crippen LogP contribution is 2.36. The van der Waals surface area contributed by atoms with Crippen LogP contribution >= 0.6 is 11.8 Å². The highest BCUT2D eigenvalue weighted by atomic mass is 32.2. The molecule has 0 radical (unpaired) electrons. The van der Waals surface area contributed by atoms with E-state index in [-0.39, 0.29) is 23.6 Å². The number of aromatic nitrogens is 3. The van der Waals surface area contributed by atoms with E-state index in [4.69, 9.17) is 5.84 Å². The number of carbonyl (C=O) groups excluding carboxylic acids is 1. The van der Waals surface area contributed by atoms with E-state index < -0.39 is 5.25 Å². The van der Waals surface area contributed by atoms with Crippen LogP contribution in [-0.4, -0.2) is 26.8 Å². The Morgan fingerprint density at radius 3 is 2.29 bits per heavy atom. The standard InChI is InChI=1S/C19H17F2N5OS/c20-13-5-1-11(2-6-13)16(18(27)23-15-9-10-15)28-19-25-24-17(26(19)22)12-3-7-14(21)8-4-12/h1-8,15-16H,9-10,22H2,(H,23,27). The lowest BCUT2D eigenvalue weighted by Crippen LogP contribution is -2.30. The first kappa shape index (κ1) is 18.4. The molecule has 0 aliphatic heterocycles. The number of hydrogen-bond donors (Lipinski definition) is 2. The van der Waals surface area contributed by atoms with Gasteiger partial charge in [0.1, 0.15) is 16.9 Å². The van der Waals surface area contributed by atoms with Crippen LogP contribution in [0.3, 0.4) is 0 Å². The molecule has 0 bridgehead atoms. The van der Waals surface area contributed by atoms with E-state index in [0.29, 0.717) is 22.1 Å². The largest absolute Gasteiger partial charge is 0.352 e. The molecule has 1 saturated carbocycles. The number of rotatable bonds is 6. The quantitative estimate of drug-likeness (QED) is 0.490. The average Bonchev–Trinajstić information content (AvgIpc) is 3.43. The van der Waals surface area contributed by atoms with Gasteiger partial charge in [-0.3, -0.25) is 4.79 Å². The van der Waals surface area contributed by atoms with Crippen molar-refractivity contribution in [3.8, 4) is 11.4 Å². The molecule has 6 nitrogen and oxygen atoms in total. The van der Waals surface area contributed by atoms with Gasteiger partial charge in [-0.05, 0) is 54.8 Å². The molecule has 1 fully saturated rings. The molecule has 1 amide bonds. The van der Waals surface area contributed by atoms with Crippen LogP contribution < -0.4 is 11.2 Å². The first-order valence-electron chi connectivity index (χ1n) is 8.70. The molecule has 144 valence electrons. The lowest BCUT2D eigenvalue weighted by atomic mass is 10.1. The summed E-state index contributed by atoms with van der Waals surface area (Å²) in [7, 11) is 0. The molecule has 9 heteroatoms. The second-order valence-electron chi connectivity index (χ2n) is 6.52. The Bertz CT molecular complexity index is 987. The third-order valence-corrected chi connectivity index (χ3v) is 5.54. The van der Waals surface area contributed by atoms with Crippen LogP contribution in [0, 0.1) is 11.6 Å². The third kappa shape index (κ3) is 3.99. The van der Waals surface area contributed by atoms with Gasteiger partial charge in [0.25, 0.3) is 0 Å². The summed E-state index contributed by atoms with van der Waals surface area (Å²) < 4.78 is 27.7. The van der Waals surface area contributed by atoms with Crippen LogP contribution in [0.25, 0.3) is 11.4 Å². The van der Waals surface area contributed by atoms with Crippen LogP contribution in [0.4, 0.5) is 8.78 Å². The maximum atomic E-state index is 13.3. The fraction of sp³-hybridized carbons (Fsp3) is 0.211. The molecular formula is C19H17F2N5OS. The van der Waals surface area contributed by atoms with Gasteiger partial charge in [0.15, 0.2) is 5.82 Å². The Labute approximate surface area is 164 Å². The minimum atomic E-state index is -0.659. The van der Waals surface area contributed by atoms with Gasteiger partial charge in [-0.15, -0.1) is 10.2 Å². The molecule has 4 rings (SSSR count). The second-order valence-corrected chi connectivity index (χ2v) is 7.59. The van der Waals surface area contributed by atoms with Crippen molar-refractivity contribution in [3.05, 3.63) is 65.7 Å². The molecule has 1 aromatic heterocycles. The monoisotopic (exact) mass is 401 g/mol. The zero-order valence-electron chi connectivity index (χ0n) is 14.7. The summed E-state index contributed by atoms with van der Waals surface area (Å²) in [5, 5.41) is 10.8. The van der Waals surface area contributed by atoms with Crippen molar-refractivity contribution in [2.45, 2.75) is 29.3 Å². The maximum absolute atomic E-state index is 13.3. The number of nitrogens with two attached hydrogens (primary N) is 1. The lowest BCUT2D eigenvalue weighted by Gasteiger charge is -2.16. The van der Waals surface area contributed by atoms with Crippen LogP contribution in [0.15, 0.2) is 53.7 Å². The number of nitrogens with one attached hydrogen (secondary N) is 1. The number of halogens is 2. The number of carbonyl (C=O) groups is 1. The molecular weight excluding hydrogens is 384 g/mol. The molecule has 28 heavy (non-hydrogen) atoms. The lowest BCUT2D eigenvalue weighted by molar-refractivity contribution is -0.120. The van der Waals surface area contributed by atoms with Crippen molar-refractivity contribution in [1.82, 2.24) is 20.2 Å². The van der Waals surface area contributed by atoms with Gasteiger partial charge in [0, 0.05) is 11.6 Å². The number of nitrogen functional groups attached to an aromatic ring is 1. The van der Waals surface area contributed by atoms with Crippen molar-refractivity contribution >= 4 is 17.7 Å². The number of thioether (sulfide) groups is 1. The summed E-state index contributed by atoms with van der Waals surface area (Å²) in [6, 6.07) is 11.6. The molecule has 1 heterocycles. The summed E-state index contributed by atoms with van der Waals surface area (Å²) in [5.74, 6) is 5.54. The molecule has 2 aromatic carbocycles. The third-order valence-electron chi connectivity index (χ3n) is 4.32. The number of amides is 1. The predicted molar refractivity (Wildman–Crippen MR) is 102 cm³/mol.